The third-order valence-electron chi connectivity index (χ3n) is 0. The Labute approximate surface area is 84.5 Å². The molecular formula is OTiYZr+9. The van der Waals surface area contributed by atoms with Crippen molar-refractivity contribution in [1.82, 2.24) is 0 Å². The van der Waals surface area contributed by atoms with Crippen LogP contribution in [0.3, 0.4) is 0 Å². The number of hydrogen-bond acceptors (Lipinski definition) is 0. The van der Waals surface area contributed by atoms with Crippen molar-refractivity contribution in [2.24, 2.45) is 0 Å². The molecule has 0 rings (SSSR count). The third kappa shape index (κ3) is 8.82. The van der Waals surface area contributed by atoms with E-state index in [1.807, 2.05) is 0 Å². The largest absolute Gasteiger partial charge is 4.00 e. The molecule has 1 nitrogen and oxygen atoms in total. The van der Waals surface area contributed by atoms with Crippen LogP contribution in [0, 0.1) is 0 Å². The summed E-state index contributed by atoms with van der Waals surface area (Å²) in [5, 5.41) is 0. The molecule has 4 heteroatoms. The van der Waals surface area contributed by atoms with Gasteiger partial charge in [-0.1, -0.05) is 0 Å². The van der Waals surface area contributed by atoms with Gasteiger partial charge in [0.1, 0.15) is 0 Å². The summed E-state index contributed by atoms with van der Waals surface area (Å²) in [6.07, 6.45) is 0. The van der Waals surface area contributed by atoms with Crippen LogP contribution in [-0.2, 0) is 86.1 Å². The molecule has 0 N–H and O–H groups in total. The molecule has 0 fully saturated rings. The molecule has 0 aliphatic heterocycles. The van der Waals surface area contributed by atoms with Gasteiger partial charge in [0.25, 0.3) is 0 Å². The first-order chi connectivity index (χ1) is 0. The van der Waals surface area contributed by atoms with Gasteiger partial charge in [-0.05, 0) is 0 Å². The van der Waals surface area contributed by atoms with Crippen molar-refractivity contribution < 1.29 is 86.1 Å². The van der Waals surface area contributed by atoms with Crippen LogP contribution in [0.4, 0.5) is 0 Å². The van der Waals surface area contributed by atoms with Crippen molar-refractivity contribution in [3.8, 4) is 0 Å². The molecule has 0 spiro atoms. The maximum atomic E-state index is 0. The van der Waals surface area contributed by atoms with Gasteiger partial charge in [-0.3, -0.25) is 0 Å². The molecular weight excluding hydrogens is 244 g/mol. The van der Waals surface area contributed by atoms with E-state index >= 15 is 0 Å². The van der Waals surface area contributed by atoms with Crippen molar-refractivity contribution in [2.45, 2.75) is 0 Å². The second-order valence-electron chi connectivity index (χ2n) is 0. The second-order valence-corrected chi connectivity index (χ2v) is 0. The first-order valence-electron chi connectivity index (χ1n) is 0. The topological polar surface area (TPSA) is 28.5 Å². The number of hydrogen-bond donors (Lipinski definition) is 0. The van der Waals surface area contributed by atoms with Crippen LogP contribution in [0.1, 0.15) is 0 Å². The summed E-state index contributed by atoms with van der Waals surface area (Å²) in [7, 11) is 0. The van der Waals surface area contributed by atoms with Gasteiger partial charge >= 0.3 is 80.6 Å². The summed E-state index contributed by atoms with van der Waals surface area (Å²) < 4.78 is 0. The quantitative estimate of drug-likeness (QED) is 0.531. The molecule has 8 valence electrons. The molecule has 0 saturated carbocycles. The zero-order valence-corrected chi connectivity index (χ0v) is 8.84. The van der Waals surface area contributed by atoms with Gasteiger partial charge in [0, 0.05) is 0 Å². The third-order valence-corrected chi connectivity index (χ3v) is 0. The van der Waals surface area contributed by atoms with Crippen LogP contribution in [0.25, 0.3) is 0 Å². The minimum atomic E-state index is 0. The van der Waals surface area contributed by atoms with Crippen molar-refractivity contribution in [2.75, 3.05) is 0 Å². The molecule has 0 unspecified atom stereocenters. The fourth-order valence-electron chi connectivity index (χ4n) is 0. The fraction of sp³-hybridized carbons (Fsp3) is 0. The van der Waals surface area contributed by atoms with Gasteiger partial charge in [0.05, 0.1) is 0 Å². The number of rotatable bonds is 0. The van der Waals surface area contributed by atoms with E-state index in [1.165, 1.54) is 0 Å². The Kier molecular flexibility index (Phi) is 131. The Morgan fingerprint density at radius 3 is 1.00 bits per heavy atom. The Morgan fingerprint density at radius 1 is 1.00 bits per heavy atom. The van der Waals surface area contributed by atoms with E-state index in [4.69, 9.17) is 0 Å². The minimum Gasteiger partial charge on any atom is -2.00 e. The van der Waals surface area contributed by atoms with Crippen molar-refractivity contribution in [3.05, 3.63) is 0 Å². The van der Waals surface area contributed by atoms with E-state index in [0.717, 1.165) is 0 Å². The maximum absolute atomic E-state index is 0. The SMILES string of the molecule is [O-2].[Ti+4].[Y+3].[Zr+4]. The first kappa shape index (κ1) is 30.1. The van der Waals surface area contributed by atoms with Gasteiger partial charge < -0.3 is 5.48 Å². The molecule has 0 heterocycles. The summed E-state index contributed by atoms with van der Waals surface area (Å²) in [5.74, 6) is 0. The Bertz CT molecular complexity index is 8.00. The summed E-state index contributed by atoms with van der Waals surface area (Å²) in [5.41, 5.74) is 0. The molecule has 0 saturated heterocycles. The van der Waals surface area contributed by atoms with E-state index in [2.05, 4.69) is 0 Å². The van der Waals surface area contributed by atoms with Gasteiger partial charge in [0.2, 0.25) is 0 Å². The molecule has 0 aromatic rings. The normalized spacial score (nSPS) is 0. The maximum Gasteiger partial charge on any atom is 4.00 e. The molecule has 0 aromatic carbocycles. The van der Waals surface area contributed by atoms with Crippen LogP contribution in [0.15, 0.2) is 0 Å². The van der Waals surface area contributed by atoms with E-state index < -0.39 is 0 Å². The van der Waals surface area contributed by atoms with Gasteiger partial charge in [-0.15, -0.1) is 0 Å². The molecule has 0 bridgehead atoms. The van der Waals surface area contributed by atoms with Crippen LogP contribution in [0.5, 0.6) is 0 Å². The summed E-state index contributed by atoms with van der Waals surface area (Å²) in [6, 6.07) is 0. The predicted molar refractivity (Wildman–Crippen MR) is 0.686 cm³/mol. The molecule has 0 aliphatic rings. The Balaban J connectivity index is 0. The standard InChI is InChI=1S/O.Ti.Y.Zr/q-2;+4;+3;+4. The van der Waals surface area contributed by atoms with Crippen molar-refractivity contribution in [1.29, 1.82) is 0 Å². The van der Waals surface area contributed by atoms with Crippen LogP contribution >= 0.6 is 0 Å². The fourth-order valence-corrected chi connectivity index (χ4v) is 0. The average Bonchev–Trinajstić information content (AvgIpc) is 0. The van der Waals surface area contributed by atoms with Crippen molar-refractivity contribution in [3.63, 3.8) is 0 Å². The Hall–Kier alpha value is 2.66. The van der Waals surface area contributed by atoms with Crippen LogP contribution in [0.2, 0.25) is 0 Å². The molecule has 0 radical (unpaired) electrons. The van der Waals surface area contributed by atoms with Gasteiger partial charge in [-0.25, -0.2) is 0 Å². The molecule has 4 heavy (non-hydrogen) atoms. The van der Waals surface area contributed by atoms with Crippen LogP contribution in [-0.4, -0.2) is 0 Å². The van der Waals surface area contributed by atoms with Gasteiger partial charge in [0.15, 0.2) is 0 Å². The van der Waals surface area contributed by atoms with E-state index in [9.17, 15) is 0 Å². The molecule has 0 atom stereocenters. The second kappa shape index (κ2) is 17.4. The van der Waals surface area contributed by atoms with Gasteiger partial charge in [-0.2, -0.15) is 0 Å². The minimum absolute atomic E-state index is 0. The van der Waals surface area contributed by atoms with E-state index in [1.54, 1.807) is 0 Å². The molecule has 0 aliphatic carbocycles. The smallest absolute Gasteiger partial charge is 2.00 e. The predicted octanol–water partition coefficient (Wildman–Crippen LogP) is -0.126. The van der Waals surface area contributed by atoms with Crippen LogP contribution < -0.4 is 0 Å². The Morgan fingerprint density at radius 2 is 1.00 bits per heavy atom. The monoisotopic (exact) mass is 243 g/mol. The van der Waals surface area contributed by atoms with Crippen molar-refractivity contribution >= 4 is 0 Å². The summed E-state index contributed by atoms with van der Waals surface area (Å²) >= 11 is 0. The first-order valence-corrected chi connectivity index (χ1v) is 0. The molecule has 0 amide bonds. The average molecular weight is 244 g/mol. The summed E-state index contributed by atoms with van der Waals surface area (Å²) in [4.78, 5) is 0. The molecule has 0 aromatic heterocycles. The van der Waals surface area contributed by atoms with E-state index in [0.29, 0.717) is 0 Å². The van der Waals surface area contributed by atoms with E-state index in [-0.39, 0.29) is 86.1 Å². The zero-order chi connectivity index (χ0) is 0. The zero-order valence-electron chi connectivity index (χ0n) is 1.99. The summed E-state index contributed by atoms with van der Waals surface area (Å²) in [6.45, 7) is 0.